The second-order valence-corrected chi connectivity index (χ2v) is 8.74. The highest BCUT2D eigenvalue weighted by molar-refractivity contribution is 7.89. The second kappa shape index (κ2) is 8.43. The number of phenolic OH excluding ortho intramolecular Hbond substituents is 1. The molecule has 1 fully saturated rings. The smallest absolute Gasteiger partial charge is 0.246 e. The highest BCUT2D eigenvalue weighted by Gasteiger charge is 2.29. The molecule has 0 saturated carbocycles. The van der Waals surface area contributed by atoms with Crippen LogP contribution in [0.4, 0.5) is 5.69 Å². The minimum atomic E-state index is -3.75. The number of methoxy groups -OCH3 is 1. The summed E-state index contributed by atoms with van der Waals surface area (Å²) >= 11 is 0. The monoisotopic (exact) mass is 426 g/mol. The number of aliphatic imine (C=N–C) groups is 1. The van der Waals surface area contributed by atoms with Crippen LogP contribution in [0.5, 0.6) is 11.5 Å². The summed E-state index contributed by atoms with van der Waals surface area (Å²) in [5, 5.41) is 12.1. The molecule has 0 bridgehead atoms. The summed E-state index contributed by atoms with van der Waals surface area (Å²) in [6.45, 7) is 1.31. The van der Waals surface area contributed by atoms with Crippen LogP contribution in [0.15, 0.2) is 64.5 Å². The molecule has 7 nitrogen and oxygen atoms in total. The average Bonchev–Trinajstić information content (AvgIpc) is 2.79. The van der Waals surface area contributed by atoms with Crippen LogP contribution < -0.4 is 4.74 Å². The fourth-order valence-corrected chi connectivity index (χ4v) is 5.02. The van der Waals surface area contributed by atoms with Crippen LogP contribution in [0.1, 0.15) is 5.56 Å². The van der Waals surface area contributed by atoms with Gasteiger partial charge in [-0.15, -0.1) is 0 Å². The highest BCUT2D eigenvalue weighted by atomic mass is 32.2. The summed E-state index contributed by atoms with van der Waals surface area (Å²) in [6.07, 6.45) is 1.55. The standard InChI is InChI=1S/C22H22N2O5S/c1-28-21-9-7-17(14-22(21)30(26,27)24-10-12-29-13-11-24)23-15-19-18-5-3-2-4-16(18)6-8-20(19)25/h2-9,14-15,25H,10-13H2,1H3. The van der Waals surface area contributed by atoms with E-state index in [1.807, 2.05) is 30.3 Å². The van der Waals surface area contributed by atoms with Crippen molar-refractivity contribution < 1.29 is 23.0 Å². The molecule has 0 aliphatic carbocycles. The molecule has 8 heteroatoms. The third-order valence-electron chi connectivity index (χ3n) is 5.03. The molecule has 1 saturated heterocycles. The van der Waals surface area contributed by atoms with Crippen molar-refractivity contribution >= 4 is 32.7 Å². The van der Waals surface area contributed by atoms with Gasteiger partial charge in [-0.05, 0) is 35.0 Å². The molecule has 1 N–H and O–H groups in total. The van der Waals surface area contributed by atoms with E-state index in [2.05, 4.69) is 4.99 Å². The summed E-state index contributed by atoms with van der Waals surface area (Å²) < 4.78 is 38.2. The maximum absolute atomic E-state index is 13.1. The minimum Gasteiger partial charge on any atom is -0.507 e. The highest BCUT2D eigenvalue weighted by Crippen LogP contribution is 2.32. The first-order valence-electron chi connectivity index (χ1n) is 9.51. The van der Waals surface area contributed by atoms with Crippen molar-refractivity contribution in [3.8, 4) is 11.5 Å². The van der Waals surface area contributed by atoms with Crippen LogP contribution in [0, 0.1) is 0 Å². The molecule has 3 aromatic rings. The van der Waals surface area contributed by atoms with Crippen LogP contribution in [0.3, 0.4) is 0 Å². The predicted octanol–water partition coefficient (Wildman–Crippen LogP) is 3.33. The Bertz CT molecular complexity index is 1200. The molecule has 0 unspecified atom stereocenters. The van der Waals surface area contributed by atoms with Gasteiger partial charge in [-0.3, -0.25) is 4.99 Å². The van der Waals surface area contributed by atoms with Gasteiger partial charge in [-0.25, -0.2) is 8.42 Å². The molecule has 0 spiro atoms. The molecule has 1 heterocycles. The summed E-state index contributed by atoms with van der Waals surface area (Å²) in [5.74, 6) is 0.362. The predicted molar refractivity (Wildman–Crippen MR) is 115 cm³/mol. The van der Waals surface area contributed by atoms with E-state index in [-0.39, 0.29) is 16.4 Å². The van der Waals surface area contributed by atoms with Gasteiger partial charge in [0.05, 0.1) is 26.0 Å². The van der Waals surface area contributed by atoms with Crippen LogP contribution >= 0.6 is 0 Å². The Morgan fingerprint density at radius 1 is 1.10 bits per heavy atom. The zero-order valence-electron chi connectivity index (χ0n) is 16.5. The number of fused-ring (bicyclic) bond motifs is 1. The van der Waals surface area contributed by atoms with Crippen LogP contribution in [0.25, 0.3) is 10.8 Å². The van der Waals surface area contributed by atoms with Gasteiger partial charge >= 0.3 is 0 Å². The molecule has 0 radical (unpaired) electrons. The van der Waals surface area contributed by atoms with E-state index in [1.54, 1.807) is 24.4 Å². The fourth-order valence-electron chi connectivity index (χ4n) is 3.43. The summed E-state index contributed by atoms with van der Waals surface area (Å²) in [4.78, 5) is 4.49. The Morgan fingerprint density at radius 3 is 2.63 bits per heavy atom. The molecular formula is C22H22N2O5S. The SMILES string of the molecule is COc1ccc(N=Cc2c(O)ccc3ccccc23)cc1S(=O)(=O)N1CCOCC1. The molecule has 1 aliphatic heterocycles. The van der Waals surface area contributed by atoms with E-state index >= 15 is 0 Å². The Labute approximate surface area is 175 Å². The maximum Gasteiger partial charge on any atom is 0.246 e. The van der Waals surface area contributed by atoms with Crippen molar-refractivity contribution in [1.82, 2.24) is 4.31 Å². The van der Waals surface area contributed by atoms with Gasteiger partial charge in [-0.1, -0.05) is 30.3 Å². The number of rotatable bonds is 5. The van der Waals surface area contributed by atoms with Crippen molar-refractivity contribution in [1.29, 1.82) is 0 Å². The molecule has 0 amide bonds. The Hall–Kier alpha value is -2.94. The Morgan fingerprint density at radius 2 is 1.87 bits per heavy atom. The minimum absolute atomic E-state index is 0.0590. The van der Waals surface area contributed by atoms with Gasteiger partial charge in [0, 0.05) is 24.9 Å². The van der Waals surface area contributed by atoms with Crippen LogP contribution in [-0.4, -0.2) is 57.5 Å². The first kappa shape index (κ1) is 20.3. The molecule has 0 aromatic heterocycles. The summed E-state index contributed by atoms with van der Waals surface area (Å²) in [6, 6.07) is 15.9. The molecule has 1 aliphatic rings. The van der Waals surface area contributed by atoms with Crippen molar-refractivity contribution in [3.63, 3.8) is 0 Å². The first-order chi connectivity index (χ1) is 14.5. The second-order valence-electron chi connectivity index (χ2n) is 6.83. The van der Waals surface area contributed by atoms with Gasteiger partial charge < -0.3 is 14.6 Å². The van der Waals surface area contributed by atoms with Gasteiger partial charge in [0.1, 0.15) is 16.4 Å². The lowest BCUT2D eigenvalue weighted by Gasteiger charge is -2.26. The zero-order chi connectivity index (χ0) is 21.1. The number of phenols is 1. The van der Waals surface area contributed by atoms with Crippen LogP contribution in [-0.2, 0) is 14.8 Å². The number of sulfonamides is 1. The fraction of sp³-hybridized carbons (Fsp3) is 0.227. The van der Waals surface area contributed by atoms with E-state index in [1.165, 1.54) is 17.5 Å². The third kappa shape index (κ3) is 3.89. The molecule has 0 atom stereocenters. The zero-order valence-corrected chi connectivity index (χ0v) is 17.3. The number of hydrogen-bond acceptors (Lipinski definition) is 6. The molecular weight excluding hydrogens is 404 g/mol. The van der Waals surface area contributed by atoms with E-state index in [4.69, 9.17) is 9.47 Å². The van der Waals surface area contributed by atoms with Crippen molar-refractivity contribution in [2.24, 2.45) is 4.99 Å². The topological polar surface area (TPSA) is 88.4 Å². The molecule has 4 rings (SSSR count). The van der Waals surface area contributed by atoms with Crippen molar-refractivity contribution in [2.45, 2.75) is 4.90 Å². The van der Waals surface area contributed by atoms with Gasteiger partial charge in [0.25, 0.3) is 0 Å². The molecule has 30 heavy (non-hydrogen) atoms. The van der Waals surface area contributed by atoms with E-state index in [0.717, 1.165) is 10.8 Å². The average molecular weight is 426 g/mol. The largest absolute Gasteiger partial charge is 0.507 e. The lowest BCUT2D eigenvalue weighted by molar-refractivity contribution is 0.0729. The number of benzene rings is 3. The van der Waals surface area contributed by atoms with E-state index < -0.39 is 10.0 Å². The Balaban J connectivity index is 1.73. The molecule has 156 valence electrons. The lowest BCUT2D eigenvalue weighted by atomic mass is 10.0. The van der Waals surface area contributed by atoms with E-state index in [0.29, 0.717) is 37.6 Å². The number of hydrogen-bond donors (Lipinski definition) is 1. The van der Waals surface area contributed by atoms with Crippen LogP contribution in [0.2, 0.25) is 0 Å². The lowest BCUT2D eigenvalue weighted by Crippen LogP contribution is -2.40. The van der Waals surface area contributed by atoms with Gasteiger partial charge in [0.2, 0.25) is 10.0 Å². The van der Waals surface area contributed by atoms with E-state index in [9.17, 15) is 13.5 Å². The number of ether oxygens (including phenoxy) is 2. The van der Waals surface area contributed by atoms with Gasteiger partial charge in [-0.2, -0.15) is 4.31 Å². The number of nitrogens with zero attached hydrogens (tertiary/aromatic N) is 2. The number of aromatic hydroxyl groups is 1. The van der Waals surface area contributed by atoms with Gasteiger partial charge in [0.15, 0.2) is 0 Å². The summed E-state index contributed by atoms with van der Waals surface area (Å²) in [7, 11) is -2.31. The third-order valence-corrected chi connectivity index (χ3v) is 6.95. The quantitative estimate of drug-likeness (QED) is 0.633. The first-order valence-corrected chi connectivity index (χ1v) is 11.0. The molecule has 3 aromatic carbocycles. The summed E-state index contributed by atoms with van der Waals surface area (Å²) in [5.41, 5.74) is 1.01. The normalized spacial score (nSPS) is 15.6. The number of morpholine rings is 1. The van der Waals surface area contributed by atoms with Crippen molar-refractivity contribution in [2.75, 3.05) is 33.4 Å². The Kier molecular flexibility index (Phi) is 5.72. The van der Waals surface area contributed by atoms with Crippen molar-refractivity contribution in [3.05, 3.63) is 60.2 Å². The maximum atomic E-state index is 13.1.